The fourth-order valence-electron chi connectivity index (χ4n) is 3.12. The standard InChI is InChI=1S/C18H22N4O3/c1-21-12-15(16(20-21)13-5-3-2-4-6-13)11-19-18(25)22-9-7-14(8-10-22)17(23)24/h2-6,12,14H,7-11H2,1H3,(H,19,25)(H,23,24). The van der Waals surface area contributed by atoms with Gasteiger partial charge in [-0.3, -0.25) is 9.48 Å². The molecule has 0 aliphatic carbocycles. The zero-order valence-corrected chi connectivity index (χ0v) is 14.2. The highest BCUT2D eigenvalue weighted by Gasteiger charge is 2.27. The number of nitrogens with one attached hydrogen (secondary N) is 1. The lowest BCUT2D eigenvalue weighted by Gasteiger charge is -2.30. The molecule has 0 atom stereocenters. The number of carbonyl (C=O) groups excluding carboxylic acids is 1. The highest BCUT2D eigenvalue weighted by molar-refractivity contribution is 5.75. The number of carboxylic acids is 1. The van der Waals surface area contributed by atoms with Gasteiger partial charge >= 0.3 is 12.0 Å². The molecule has 2 N–H and O–H groups in total. The number of urea groups is 1. The number of carbonyl (C=O) groups is 2. The fraction of sp³-hybridized carbons (Fsp3) is 0.389. The second-order valence-electron chi connectivity index (χ2n) is 6.30. The van der Waals surface area contributed by atoms with Crippen molar-refractivity contribution < 1.29 is 14.7 Å². The normalized spacial score (nSPS) is 15.2. The van der Waals surface area contributed by atoms with Gasteiger partial charge in [-0.05, 0) is 12.8 Å². The van der Waals surface area contributed by atoms with Gasteiger partial charge in [-0.1, -0.05) is 30.3 Å². The number of amides is 2. The molecule has 2 aromatic rings. The molecule has 3 rings (SSSR count). The number of aliphatic carboxylic acids is 1. The molecule has 1 aromatic carbocycles. The Bertz CT molecular complexity index is 749. The van der Waals surface area contributed by atoms with Crippen molar-refractivity contribution in [2.45, 2.75) is 19.4 Å². The summed E-state index contributed by atoms with van der Waals surface area (Å²) in [4.78, 5) is 25.0. The summed E-state index contributed by atoms with van der Waals surface area (Å²) >= 11 is 0. The van der Waals surface area contributed by atoms with Crippen molar-refractivity contribution in [1.29, 1.82) is 0 Å². The van der Waals surface area contributed by atoms with Gasteiger partial charge < -0.3 is 15.3 Å². The Hall–Kier alpha value is -2.83. The number of likely N-dealkylation sites (tertiary alicyclic amines) is 1. The van der Waals surface area contributed by atoms with E-state index in [-0.39, 0.29) is 11.9 Å². The largest absolute Gasteiger partial charge is 0.481 e. The van der Waals surface area contributed by atoms with Crippen LogP contribution in [0, 0.1) is 5.92 Å². The fourth-order valence-corrected chi connectivity index (χ4v) is 3.12. The first-order chi connectivity index (χ1) is 12.0. The summed E-state index contributed by atoms with van der Waals surface area (Å²) < 4.78 is 1.74. The molecule has 0 unspecified atom stereocenters. The van der Waals surface area contributed by atoms with Crippen LogP contribution in [0.4, 0.5) is 4.79 Å². The molecule has 1 aromatic heterocycles. The molecule has 7 heteroatoms. The first kappa shape index (κ1) is 17.0. The smallest absolute Gasteiger partial charge is 0.317 e. The molecular weight excluding hydrogens is 320 g/mol. The van der Waals surface area contributed by atoms with E-state index in [1.807, 2.05) is 43.6 Å². The molecule has 2 heterocycles. The van der Waals surface area contributed by atoms with Gasteiger partial charge in [0, 0.05) is 44.0 Å². The summed E-state index contributed by atoms with van der Waals surface area (Å²) in [6.07, 6.45) is 2.91. The van der Waals surface area contributed by atoms with Gasteiger partial charge in [-0.25, -0.2) is 4.79 Å². The number of rotatable bonds is 4. The topological polar surface area (TPSA) is 87.5 Å². The lowest BCUT2D eigenvalue weighted by Crippen LogP contribution is -2.45. The minimum atomic E-state index is -0.775. The van der Waals surface area contributed by atoms with E-state index in [0.29, 0.717) is 32.5 Å². The van der Waals surface area contributed by atoms with Crippen molar-refractivity contribution in [3.8, 4) is 11.3 Å². The van der Waals surface area contributed by atoms with Crippen LogP contribution in [0.3, 0.4) is 0 Å². The highest BCUT2D eigenvalue weighted by Crippen LogP contribution is 2.22. The molecule has 7 nitrogen and oxygen atoms in total. The van der Waals surface area contributed by atoms with E-state index in [1.165, 1.54) is 0 Å². The van der Waals surface area contributed by atoms with Crippen LogP contribution in [0.2, 0.25) is 0 Å². The molecule has 0 spiro atoms. The van der Waals surface area contributed by atoms with Gasteiger partial charge in [-0.2, -0.15) is 5.10 Å². The molecule has 0 bridgehead atoms. The molecule has 25 heavy (non-hydrogen) atoms. The lowest BCUT2D eigenvalue weighted by atomic mass is 9.97. The van der Waals surface area contributed by atoms with Crippen LogP contribution >= 0.6 is 0 Å². The Kier molecular flexibility index (Phi) is 5.02. The van der Waals surface area contributed by atoms with E-state index in [9.17, 15) is 9.59 Å². The molecule has 132 valence electrons. The first-order valence-corrected chi connectivity index (χ1v) is 8.38. The monoisotopic (exact) mass is 342 g/mol. The average molecular weight is 342 g/mol. The Morgan fingerprint density at radius 3 is 2.56 bits per heavy atom. The van der Waals surface area contributed by atoms with E-state index in [1.54, 1.807) is 9.58 Å². The van der Waals surface area contributed by atoms with Crippen molar-refractivity contribution in [2.24, 2.45) is 13.0 Å². The van der Waals surface area contributed by atoms with Crippen molar-refractivity contribution in [1.82, 2.24) is 20.0 Å². The van der Waals surface area contributed by atoms with Crippen molar-refractivity contribution in [3.05, 3.63) is 42.1 Å². The third kappa shape index (κ3) is 3.99. The summed E-state index contributed by atoms with van der Waals surface area (Å²) in [6.45, 7) is 1.33. The van der Waals surface area contributed by atoms with Crippen LogP contribution in [-0.2, 0) is 18.4 Å². The maximum atomic E-state index is 12.3. The van der Waals surface area contributed by atoms with E-state index < -0.39 is 5.97 Å². The summed E-state index contributed by atoms with van der Waals surface area (Å²) in [6, 6.07) is 9.69. The van der Waals surface area contributed by atoms with E-state index in [0.717, 1.165) is 16.8 Å². The van der Waals surface area contributed by atoms with E-state index in [2.05, 4.69) is 10.4 Å². The van der Waals surface area contributed by atoms with Crippen LogP contribution < -0.4 is 5.32 Å². The van der Waals surface area contributed by atoms with Crippen LogP contribution in [0.25, 0.3) is 11.3 Å². The second-order valence-corrected chi connectivity index (χ2v) is 6.30. The van der Waals surface area contributed by atoms with Gasteiger partial charge in [0.1, 0.15) is 0 Å². The van der Waals surface area contributed by atoms with Crippen LogP contribution in [-0.4, -0.2) is 44.9 Å². The maximum absolute atomic E-state index is 12.3. The Morgan fingerprint density at radius 2 is 1.92 bits per heavy atom. The second kappa shape index (κ2) is 7.38. The molecule has 0 radical (unpaired) electrons. The number of carboxylic acid groups (broad SMARTS) is 1. The molecule has 1 aliphatic rings. The predicted octanol–water partition coefficient (Wildman–Crippen LogP) is 2.09. The summed E-state index contributed by atoms with van der Waals surface area (Å²) in [5.74, 6) is -1.12. The zero-order valence-electron chi connectivity index (χ0n) is 14.2. The van der Waals surface area contributed by atoms with Crippen molar-refractivity contribution in [3.63, 3.8) is 0 Å². The third-order valence-electron chi connectivity index (χ3n) is 4.51. The third-order valence-corrected chi connectivity index (χ3v) is 4.51. The zero-order chi connectivity index (χ0) is 17.8. The van der Waals surface area contributed by atoms with E-state index in [4.69, 9.17) is 5.11 Å². The van der Waals surface area contributed by atoms with Crippen LogP contribution in [0.15, 0.2) is 36.5 Å². The van der Waals surface area contributed by atoms with Gasteiger partial charge in [0.05, 0.1) is 11.6 Å². The number of aromatic nitrogens is 2. The van der Waals surface area contributed by atoms with Gasteiger partial charge in [0.15, 0.2) is 0 Å². The predicted molar refractivity (Wildman–Crippen MR) is 92.8 cm³/mol. The molecule has 1 saturated heterocycles. The Balaban J connectivity index is 1.61. The van der Waals surface area contributed by atoms with Gasteiger partial charge in [0.2, 0.25) is 0 Å². The Morgan fingerprint density at radius 1 is 1.24 bits per heavy atom. The van der Waals surface area contributed by atoms with E-state index >= 15 is 0 Å². The lowest BCUT2D eigenvalue weighted by molar-refractivity contribution is -0.143. The molecule has 0 saturated carbocycles. The average Bonchev–Trinajstić information content (AvgIpc) is 3.01. The number of hydrogen-bond donors (Lipinski definition) is 2. The quantitative estimate of drug-likeness (QED) is 0.891. The van der Waals surface area contributed by atoms with Gasteiger partial charge in [0.25, 0.3) is 0 Å². The number of nitrogens with zero attached hydrogens (tertiary/aromatic N) is 3. The summed E-state index contributed by atoms with van der Waals surface area (Å²) in [5, 5.41) is 16.4. The minimum Gasteiger partial charge on any atom is -0.481 e. The minimum absolute atomic E-state index is 0.160. The number of benzene rings is 1. The number of aryl methyl sites for hydroxylation is 1. The van der Waals surface area contributed by atoms with Crippen molar-refractivity contribution in [2.75, 3.05) is 13.1 Å². The molecule has 1 aliphatic heterocycles. The summed E-state index contributed by atoms with van der Waals surface area (Å²) in [5.41, 5.74) is 2.81. The Labute approximate surface area is 146 Å². The highest BCUT2D eigenvalue weighted by atomic mass is 16.4. The number of piperidine rings is 1. The van der Waals surface area contributed by atoms with Crippen molar-refractivity contribution >= 4 is 12.0 Å². The maximum Gasteiger partial charge on any atom is 0.317 e. The molecule has 1 fully saturated rings. The SMILES string of the molecule is Cn1cc(CNC(=O)N2CCC(C(=O)O)CC2)c(-c2ccccc2)n1. The summed E-state index contributed by atoms with van der Waals surface area (Å²) in [7, 11) is 1.86. The van der Waals surface area contributed by atoms with Crippen LogP contribution in [0.1, 0.15) is 18.4 Å². The molecular formula is C18H22N4O3. The number of hydrogen-bond acceptors (Lipinski definition) is 3. The molecule has 2 amide bonds. The van der Waals surface area contributed by atoms with Crippen LogP contribution in [0.5, 0.6) is 0 Å². The first-order valence-electron chi connectivity index (χ1n) is 8.38. The van der Waals surface area contributed by atoms with Gasteiger partial charge in [-0.15, -0.1) is 0 Å².